The monoisotopic (exact) mass is 385 g/mol. The molecule has 0 aliphatic carbocycles. The number of nitrogens with zero attached hydrogens (tertiary/aromatic N) is 4. The van der Waals surface area contributed by atoms with Gasteiger partial charge in [-0.05, 0) is 25.7 Å². The molecule has 2 aromatic carbocycles. The molecule has 4 aromatic rings. The maximum absolute atomic E-state index is 9.60. The number of imidazole rings is 1. The number of aromatic nitrogens is 3. The van der Waals surface area contributed by atoms with Gasteiger partial charge in [0.25, 0.3) is 0 Å². The average Bonchev–Trinajstić information content (AvgIpc) is 3.23. The van der Waals surface area contributed by atoms with E-state index < -0.39 is 0 Å². The molecule has 6 heteroatoms. The van der Waals surface area contributed by atoms with Gasteiger partial charge >= 0.3 is 0 Å². The molecular formula is C22H19N5S. The van der Waals surface area contributed by atoms with Gasteiger partial charge in [0, 0.05) is 11.8 Å². The van der Waals surface area contributed by atoms with Crippen LogP contribution in [0.4, 0.5) is 5.82 Å². The number of H-pyrrole nitrogens is 1. The van der Waals surface area contributed by atoms with Crippen LogP contribution in [0.1, 0.15) is 22.3 Å². The van der Waals surface area contributed by atoms with E-state index in [0.29, 0.717) is 17.0 Å². The van der Waals surface area contributed by atoms with Crippen LogP contribution in [-0.4, -0.2) is 27.1 Å². The van der Waals surface area contributed by atoms with Crippen LogP contribution in [0.5, 0.6) is 0 Å². The summed E-state index contributed by atoms with van der Waals surface area (Å²) in [4.78, 5) is 9.50. The highest BCUT2D eigenvalue weighted by atomic mass is 32.2. The van der Waals surface area contributed by atoms with Crippen molar-refractivity contribution in [2.75, 3.05) is 6.26 Å². The smallest absolute Gasteiger partial charge is 0.180 e. The lowest BCUT2D eigenvalue weighted by molar-refractivity contribution is 0.909. The molecule has 0 fully saturated rings. The van der Waals surface area contributed by atoms with Gasteiger partial charge in [0.2, 0.25) is 0 Å². The van der Waals surface area contributed by atoms with Gasteiger partial charge in [0.1, 0.15) is 22.4 Å². The minimum absolute atomic E-state index is 0.539. The lowest BCUT2D eigenvalue weighted by atomic mass is 10.1. The van der Waals surface area contributed by atoms with Crippen molar-refractivity contribution in [2.24, 2.45) is 4.99 Å². The molecule has 0 amide bonds. The van der Waals surface area contributed by atoms with Crippen molar-refractivity contribution in [1.29, 1.82) is 5.26 Å². The summed E-state index contributed by atoms with van der Waals surface area (Å²) in [6.45, 7) is 4.11. The number of nitriles is 1. The maximum Gasteiger partial charge on any atom is 0.180 e. The van der Waals surface area contributed by atoms with Crippen molar-refractivity contribution < 1.29 is 0 Å². The number of hydrogen-bond acceptors (Lipinski definition) is 4. The molecule has 0 aliphatic heterocycles. The topological polar surface area (TPSA) is 69.2 Å². The molecule has 0 radical (unpaired) electrons. The van der Waals surface area contributed by atoms with Gasteiger partial charge in [-0.25, -0.2) is 14.5 Å². The summed E-state index contributed by atoms with van der Waals surface area (Å²) in [5, 5.41) is 13.6. The zero-order valence-corrected chi connectivity index (χ0v) is 16.7. The Bertz CT molecular complexity index is 1210. The third-order valence-corrected chi connectivity index (χ3v) is 5.27. The minimum Gasteiger partial charge on any atom is -0.283 e. The molecule has 2 aromatic heterocycles. The Hall–Kier alpha value is -3.30. The number of benzene rings is 2. The largest absolute Gasteiger partial charge is 0.283 e. The molecule has 0 saturated carbocycles. The number of rotatable bonds is 4. The number of thioether (sulfide) groups is 1. The van der Waals surface area contributed by atoms with Gasteiger partial charge < -0.3 is 0 Å². The summed E-state index contributed by atoms with van der Waals surface area (Å²) in [6.07, 6.45) is 3.76. The molecule has 0 bridgehead atoms. The highest BCUT2D eigenvalue weighted by Gasteiger charge is 2.20. The highest BCUT2D eigenvalue weighted by molar-refractivity contribution is 7.98. The zero-order valence-electron chi connectivity index (χ0n) is 15.9. The van der Waals surface area contributed by atoms with Crippen molar-refractivity contribution in [3.63, 3.8) is 0 Å². The van der Waals surface area contributed by atoms with Gasteiger partial charge in [-0.3, -0.25) is 5.10 Å². The molecule has 0 atom stereocenters. The van der Waals surface area contributed by atoms with Crippen LogP contribution in [-0.2, 0) is 0 Å². The predicted octanol–water partition coefficient (Wildman–Crippen LogP) is 5.29. The number of fused-ring (bicyclic) bond motifs is 1. The SMILES string of the molecule is CSc1[nH]n2c(N=Cc3ccc(C)cc3)c(-c3ccc(C)cc3)nc2c1C#N. The van der Waals surface area contributed by atoms with E-state index in [1.54, 1.807) is 4.52 Å². The van der Waals surface area contributed by atoms with Crippen LogP contribution in [0, 0.1) is 25.2 Å². The van der Waals surface area contributed by atoms with Gasteiger partial charge in [-0.2, -0.15) is 5.26 Å². The molecule has 138 valence electrons. The van der Waals surface area contributed by atoms with E-state index in [9.17, 15) is 5.26 Å². The average molecular weight is 385 g/mol. The maximum atomic E-state index is 9.60. The fraction of sp³-hybridized carbons (Fsp3) is 0.136. The first-order valence-corrected chi connectivity index (χ1v) is 10.1. The Labute approximate surface area is 167 Å². The first-order valence-electron chi connectivity index (χ1n) is 8.87. The third kappa shape index (κ3) is 3.21. The number of nitrogens with one attached hydrogen (secondary N) is 1. The summed E-state index contributed by atoms with van der Waals surface area (Å²) in [5.41, 5.74) is 6.24. The van der Waals surface area contributed by atoms with Crippen LogP contribution < -0.4 is 0 Å². The number of hydrogen-bond donors (Lipinski definition) is 1. The van der Waals surface area contributed by atoms with Crippen molar-refractivity contribution in [1.82, 2.24) is 14.6 Å². The quantitative estimate of drug-likeness (QED) is 0.383. The lowest BCUT2D eigenvalue weighted by Gasteiger charge is -2.01. The Balaban J connectivity index is 1.91. The molecule has 0 spiro atoms. The second kappa shape index (κ2) is 7.37. The zero-order chi connectivity index (χ0) is 19.7. The molecular weight excluding hydrogens is 366 g/mol. The fourth-order valence-electron chi connectivity index (χ4n) is 3.01. The summed E-state index contributed by atoms with van der Waals surface area (Å²) < 4.78 is 1.80. The van der Waals surface area contributed by atoms with Gasteiger partial charge in [0.15, 0.2) is 11.5 Å². The Morgan fingerprint density at radius 1 is 1.07 bits per heavy atom. The van der Waals surface area contributed by atoms with Crippen molar-refractivity contribution >= 4 is 29.4 Å². The van der Waals surface area contributed by atoms with E-state index in [4.69, 9.17) is 9.98 Å². The minimum atomic E-state index is 0.539. The lowest BCUT2D eigenvalue weighted by Crippen LogP contribution is -1.87. The Morgan fingerprint density at radius 3 is 2.32 bits per heavy atom. The molecule has 0 unspecified atom stereocenters. The molecule has 0 aliphatic rings. The summed E-state index contributed by atoms with van der Waals surface area (Å²) in [7, 11) is 0. The molecule has 2 heterocycles. The summed E-state index contributed by atoms with van der Waals surface area (Å²) in [5.74, 6) is 0.677. The summed E-state index contributed by atoms with van der Waals surface area (Å²) in [6, 6.07) is 18.6. The standard InChI is InChI=1S/C22H19N5S/c1-14-4-8-16(9-5-14)13-24-21-19(17-10-6-15(2)7-11-17)25-20-18(12-23)22(28-3)26-27(20)21/h4-11,13,26H,1-3H3. The van der Waals surface area contributed by atoms with E-state index in [0.717, 1.165) is 21.8 Å². The second-order valence-electron chi connectivity index (χ2n) is 6.61. The Morgan fingerprint density at radius 2 is 1.71 bits per heavy atom. The number of aliphatic imine (C=N–C) groups is 1. The van der Waals surface area contributed by atoms with Crippen LogP contribution in [0.15, 0.2) is 58.5 Å². The molecule has 0 saturated heterocycles. The van der Waals surface area contributed by atoms with E-state index in [1.165, 1.54) is 22.9 Å². The second-order valence-corrected chi connectivity index (χ2v) is 7.43. The predicted molar refractivity (Wildman–Crippen MR) is 115 cm³/mol. The number of aromatic amines is 1. The van der Waals surface area contributed by atoms with E-state index in [2.05, 4.69) is 49.3 Å². The molecule has 4 rings (SSSR count). The van der Waals surface area contributed by atoms with Crippen LogP contribution in [0.25, 0.3) is 16.9 Å². The van der Waals surface area contributed by atoms with E-state index in [-0.39, 0.29) is 0 Å². The molecule has 28 heavy (non-hydrogen) atoms. The van der Waals surface area contributed by atoms with Crippen molar-refractivity contribution in [2.45, 2.75) is 18.9 Å². The van der Waals surface area contributed by atoms with Gasteiger partial charge in [-0.1, -0.05) is 59.7 Å². The van der Waals surface area contributed by atoms with Gasteiger partial charge in [-0.15, -0.1) is 11.8 Å². The first kappa shape index (κ1) is 18.1. The van der Waals surface area contributed by atoms with Crippen LogP contribution in [0.2, 0.25) is 0 Å². The first-order chi connectivity index (χ1) is 13.6. The highest BCUT2D eigenvalue weighted by Crippen LogP contribution is 2.34. The van der Waals surface area contributed by atoms with E-state index in [1.807, 2.05) is 36.7 Å². The summed E-state index contributed by atoms with van der Waals surface area (Å²) >= 11 is 1.49. The van der Waals surface area contributed by atoms with Crippen molar-refractivity contribution in [3.8, 4) is 17.3 Å². The fourth-order valence-corrected chi connectivity index (χ4v) is 3.53. The van der Waals surface area contributed by atoms with Crippen molar-refractivity contribution in [3.05, 3.63) is 70.8 Å². The normalized spacial score (nSPS) is 11.4. The van der Waals surface area contributed by atoms with Gasteiger partial charge in [0.05, 0.1) is 0 Å². The van der Waals surface area contributed by atoms with Crippen LogP contribution in [0.3, 0.4) is 0 Å². The number of aryl methyl sites for hydroxylation is 2. The van der Waals surface area contributed by atoms with Crippen LogP contribution >= 0.6 is 11.8 Å². The molecule has 1 N–H and O–H groups in total. The third-order valence-electron chi connectivity index (χ3n) is 4.57. The molecule has 5 nitrogen and oxygen atoms in total. The Kier molecular flexibility index (Phi) is 4.76. The van der Waals surface area contributed by atoms with E-state index >= 15 is 0 Å².